The van der Waals surface area contributed by atoms with Gasteiger partial charge in [0.2, 0.25) is 5.91 Å². The average molecular weight is 238 g/mol. The van der Waals surface area contributed by atoms with Crippen molar-refractivity contribution in [2.24, 2.45) is 11.7 Å². The maximum absolute atomic E-state index is 10.6. The number of hydrogen-bond donors (Lipinski definition) is 2. The molecule has 3 N–H and O–H groups in total. The van der Waals surface area contributed by atoms with E-state index in [-0.39, 0.29) is 5.91 Å². The van der Waals surface area contributed by atoms with Crippen LogP contribution >= 0.6 is 0 Å². The van der Waals surface area contributed by atoms with E-state index in [1.54, 1.807) is 6.33 Å². The van der Waals surface area contributed by atoms with Crippen molar-refractivity contribution >= 4 is 5.91 Å². The number of carbonyl (C=O) groups is 1. The Kier molecular flexibility index (Phi) is 5.69. The van der Waals surface area contributed by atoms with Crippen molar-refractivity contribution in [3.63, 3.8) is 0 Å². The first-order chi connectivity index (χ1) is 8.09. The highest BCUT2D eigenvalue weighted by atomic mass is 16.1. The lowest BCUT2D eigenvalue weighted by Crippen LogP contribution is -2.21. The third-order valence-electron chi connectivity index (χ3n) is 2.48. The Morgan fingerprint density at radius 3 is 3.00 bits per heavy atom. The molecule has 0 aliphatic heterocycles. The largest absolute Gasteiger partial charge is 0.370 e. The standard InChI is InChI=1S/C12H22N4O/c1-10(2)6-14-7-11-8-15-9-16(11)5-3-4-12(13)17/h8-10,14H,3-7H2,1-2H3,(H2,13,17). The Balaban J connectivity index is 2.34. The van der Waals surface area contributed by atoms with Crippen molar-refractivity contribution in [3.8, 4) is 0 Å². The molecule has 0 aromatic carbocycles. The predicted octanol–water partition coefficient (Wildman–Crippen LogP) is 0.894. The Labute approximate surface area is 102 Å². The van der Waals surface area contributed by atoms with E-state index in [1.807, 2.05) is 6.20 Å². The van der Waals surface area contributed by atoms with E-state index < -0.39 is 0 Å². The molecule has 0 unspecified atom stereocenters. The van der Waals surface area contributed by atoms with E-state index in [9.17, 15) is 4.79 Å². The number of nitrogens with zero attached hydrogens (tertiary/aromatic N) is 2. The van der Waals surface area contributed by atoms with Crippen molar-refractivity contribution in [1.82, 2.24) is 14.9 Å². The highest BCUT2D eigenvalue weighted by Gasteiger charge is 2.03. The summed E-state index contributed by atoms with van der Waals surface area (Å²) in [6, 6.07) is 0. The van der Waals surface area contributed by atoms with Gasteiger partial charge in [0, 0.05) is 25.7 Å². The number of hydrogen-bond acceptors (Lipinski definition) is 3. The molecular formula is C12H22N4O. The minimum absolute atomic E-state index is 0.246. The van der Waals surface area contributed by atoms with Gasteiger partial charge in [-0.2, -0.15) is 0 Å². The van der Waals surface area contributed by atoms with E-state index in [0.29, 0.717) is 12.3 Å². The summed E-state index contributed by atoms with van der Waals surface area (Å²) in [6.45, 7) is 6.96. The lowest BCUT2D eigenvalue weighted by molar-refractivity contribution is -0.118. The van der Waals surface area contributed by atoms with Crippen molar-refractivity contribution in [2.75, 3.05) is 6.54 Å². The molecule has 0 aliphatic carbocycles. The van der Waals surface area contributed by atoms with Gasteiger partial charge in [0.25, 0.3) is 0 Å². The molecule has 0 radical (unpaired) electrons. The molecule has 0 spiro atoms. The minimum Gasteiger partial charge on any atom is -0.370 e. The molecule has 0 atom stereocenters. The first-order valence-electron chi connectivity index (χ1n) is 6.07. The van der Waals surface area contributed by atoms with Crippen LogP contribution in [-0.2, 0) is 17.9 Å². The van der Waals surface area contributed by atoms with Gasteiger partial charge in [-0.1, -0.05) is 13.8 Å². The van der Waals surface area contributed by atoms with Crippen LogP contribution in [-0.4, -0.2) is 22.0 Å². The van der Waals surface area contributed by atoms with Crippen LogP contribution in [0.3, 0.4) is 0 Å². The molecule has 1 amide bonds. The molecule has 1 aromatic rings. The Morgan fingerprint density at radius 2 is 2.35 bits per heavy atom. The summed E-state index contributed by atoms with van der Waals surface area (Å²) in [4.78, 5) is 14.8. The number of primary amides is 1. The molecule has 0 bridgehead atoms. The Morgan fingerprint density at radius 1 is 1.59 bits per heavy atom. The number of imidazole rings is 1. The normalized spacial score (nSPS) is 11.0. The average Bonchev–Trinajstić information content (AvgIpc) is 2.65. The quantitative estimate of drug-likeness (QED) is 0.706. The topological polar surface area (TPSA) is 72.9 Å². The summed E-state index contributed by atoms with van der Waals surface area (Å²) in [5.74, 6) is 0.394. The van der Waals surface area contributed by atoms with Crippen LogP contribution in [0, 0.1) is 5.92 Å². The molecule has 0 saturated heterocycles. The fourth-order valence-corrected chi connectivity index (χ4v) is 1.61. The minimum atomic E-state index is -0.246. The molecule has 0 saturated carbocycles. The first-order valence-corrected chi connectivity index (χ1v) is 6.07. The lowest BCUT2D eigenvalue weighted by atomic mass is 10.2. The highest BCUT2D eigenvalue weighted by Crippen LogP contribution is 2.02. The van der Waals surface area contributed by atoms with Crippen molar-refractivity contribution in [2.45, 2.75) is 39.8 Å². The van der Waals surface area contributed by atoms with Crippen molar-refractivity contribution in [1.29, 1.82) is 0 Å². The molecule has 96 valence electrons. The van der Waals surface area contributed by atoms with E-state index in [0.717, 1.165) is 31.7 Å². The van der Waals surface area contributed by atoms with Crippen LogP contribution in [0.2, 0.25) is 0 Å². The van der Waals surface area contributed by atoms with Gasteiger partial charge in [-0.05, 0) is 18.9 Å². The second-order valence-corrected chi connectivity index (χ2v) is 4.67. The zero-order valence-electron chi connectivity index (χ0n) is 10.6. The summed E-state index contributed by atoms with van der Waals surface area (Å²) in [5.41, 5.74) is 6.26. The van der Waals surface area contributed by atoms with Gasteiger partial charge in [0.15, 0.2) is 0 Å². The van der Waals surface area contributed by atoms with Gasteiger partial charge >= 0.3 is 0 Å². The van der Waals surface area contributed by atoms with Gasteiger partial charge in [-0.25, -0.2) is 4.98 Å². The molecule has 1 rings (SSSR count). The SMILES string of the molecule is CC(C)CNCc1cncn1CCCC(N)=O. The molecule has 5 nitrogen and oxygen atoms in total. The van der Waals surface area contributed by atoms with Gasteiger partial charge in [0.05, 0.1) is 12.0 Å². The number of aryl methyl sites for hydroxylation is 1. The smallest absolute Gasteiger partial charge is 0.217 e. The highest BCUT2D eigenvalue weighted by molar-refractivity contribution is 5.73. The summed E-state index contributed by atoms with van der Waals surface area (Å²) in [7, 11) is 0. The molecular weight excluding hydrogens is 216 g/mol. The fourth-order valence-electron chi connectivity index (χ4n) is 1.61. The monoisotopic (exact) mass is 238 g/mol. The van der Waals surface area contributed by atoms with Crippen LogP contribution in [0.4, 0.5) is 0 Å². The number of carbonyl (C=O) groups excluding carboxylic acids is 1. The van der Waals surface area contributed by atoms with Gasteiger partial charge < -0.3 is 15.6 Å². The maximum Gasteiger partial charge on any atom is 0.217 e. The van der Waals surface area contributed by atoms with Gasteiger partial charge in [-0.15, -0.1) is 0 Å². The molecule has 1 heterocycles. The number of amides is 1. The number of nitrogens with one attached hydrogen (secondary N) is 1. The zero-order chi connectivity index (χ0) is 12.7. The van der Waals surface area contributed by atoms with E-state index in [2.05, 4.69) is 28.7 Å². The number of nitrogens with two attached hydrogens (primary N) is 1. The molecule has 17 heavy (non-hydrogen) atoms. The van der Waals surface area contributed by atoms with Crippen LogP contribution in [0.1, 0.15) is 32.4 Å². The summed E-state index contributed by atoms with van der Waals surface area (Å²) >= 11 is 0. The second-order valence-electron chi connectivity index (χ2n) is 4.67. The third-order valence-corrected chi connectivity index (χ3v) is 2.48. The van der Waals surface area contributed by atoms with Gasteiger partial charge in [0.1, 0.15) is 0 Å². The van der Waals surface area contributed by atoms with Gasteiger partial charge in [-0.3, -0.25) is 4.79 Å². The summed E-state index contributed by atoms with van der Waals surface area (Å²) in [6.07, 6.45) is 4.85. The van der Waals surface area contributed by atoms with Crippen molar-refractivity contribution < 1.29 is 4.79 Å². The Hall–Kier alpha value is -1.36. The second kappa shape index (κ2) is 7.06. The van der Waals surface area contributed by atoms with E-state index in [1.165, 1.54) is 0 Å². The Bertz CT molecular complexity index is 346. The number of rotatable bonds is 8. The first kappa shape index (κ1) is 13.7. The maximum atomic E-state index is 10.6. The molecule has 5 heteroatoms. The van der Waals surface area contributed by atoms with Crippen LogP contribution < -0.4 is 11.1 Å². The zero-order valence-corrected chi connectivity index (χ0v) is 10.6. The summed E-state index contributed by atoms with van der Waals surface area (Å²) < 4.78 is 2.07. The predicted molar refractivity (Wildman–Crippen MR) is 67.2 cm³/mol. The van der Waals surface area contributed by atoms with E-state index >= 15 is 0 Å². The molecule has 0 aliphatic rings. The van der Waals surface area contributed by atoms with Crippen LogP contribution in [0.5, 0.6) is 0 Å². The third kappa shape index (κ3) is 5.49. The molecule has 0 fully saturated rings. The number of aromatic nitrogens is 2. The van der Waals surface area contributed by atoms with Crippen LogP contribution in [0.15, 0.2) is 12.5 Å². The summed E-state index contributed by atoms with van der Waals surface area (Å²) in [5, 5.41) is 3.37. The van der Waals surface area contributed by atoms with Crippen molar-refractivity contribution in [3.05, 3.63) is 18.2 Å². The fraction of sp³-hybridized carbons (Fsp3) is 0.667. The lowest BCUT2D eigenvalue weighted by Gasteiger charge is -2.10. The van der Waals surface area contributed by atoms with E-state index in [4.69, 9.17) is 5.73 Å². The van der Waals surface area contributed by atoms with Crippen LogP contribution in [0.25, 0.3) is 0 Å². The molecule has 1 aromatic heterocycles.